The molecular formula is C15H21ClN2O2. The van der Waals surface area contributed by atoms with E-state index in [1.807, 2.05) is 12.1 Å². The van der Waals surface area contributed by atoms with Gasteiger partial charge in [-0.1, -0.05) is 24.3 Å². The summed E-state index contributed by atoms with van der Waals surface area (Å²) in [6.45, 7) is 5.00. The molecule has 1 amide bonds. The van der Waals surface area contributed by atoms with Crippen LogP contribution in [0, 0.1) is 0 Å². The summed E-state index contributed by atoms with van der Waals surface area (Å²) in [4.78, 5) is 13.9. The Morgan fingerprint density at radius 3 is 2.65 bits per heavy atom. The summed E-state index contributed by atoms with van der Waals surface area (Å²) in [5.74, 6) is 0.363. The number of halogens is 1. The molecule has 1 heterocycles. The minimum atomic E-state index is 0.00109. The zero-order chi connectivity index (χ0) is 14.2. The third kappa shape index (κ3) is 4.78. The zero-order valence-corrected chi connectivity index (χ0v) is 12.4. The molecule has 4 nitrogen and oxygen atoms in total. The van der Waals surface area contributed by atoms with Crippen LogP contribution < -0.4 is 5.32 Å². The van der Waals surface area contributed by atoms with Gasteiger partial charge in [0.1, 0.15) is 0 Å². The highest BCUT2D eigenvalue weighted by Crippen LogP contribution is 2.13. The molecule has 1 aromatic rings. The molecule has 1 N–H and O–H groups in total. The van der Waals surface area contributed by atoms with E-state index in [0.717, 1.165) is 32.8 Å². The molecule has 0 aromatic heterocycles. The fourth-order valence-electron chi connectivity index (χ4n) is 2.25. The number of rotatable bonds is 6. The first kappa shape index (κ1) is 15.3. The van der Waals surface area contributed by atoms with Gasteiger partial charge in [-0.2, -0.15) is 0 Å². The standard InChI is InChI=1S/C15H21ClN2O2/c16-6-5-15(19)17-11-13-3-1-2-4-14(13)12-18-7-9-20-10-8-18/h1-4H,5-12H2,(H,17,19). The topological polar surface area (TPSA) is 41.6 Å². The predicted molar refractivity (Wildman–Crippen MR) is 79.7 cm³/mol. The van der Waals surface area contributed by atoms with Crippen LogP contribution >= 0.6 is 11.6 Å². The summed E-state index contributed by atoms with van der Waals surface area (Å²) in [5, 5.41) is 2.91. The Morgan fingerprint density at radius 2 is 1.95 bits per heavy atom. The van der Waals surface area contributed by atoms with Crippen molar-refractivity contribution in [2.75, 3.05) is 32.2 Å². The summed E-state index contributed by atoms with van der Waals surface area (Å²) in [7, 11) is 0. The molecule has 0 bridgehead atoms. The Bertz CT molecular complexity index is 434. The maximum atomic E-state index is 11.5. The molecule has 0 radical (unpaired) electrons. The van der Waals surface area contributed by atoms with E-state index in [-0.39, 0.29) is 5.91 Å². The highest BCUT2D eigenvalue weighted by molar-refractivity contribution is 6.18. The first-order valence-corrected chi connectivity index (χ1v) is 7.52. The monoisotopic (exact) mass is 296 g/mol. The quantitative estimate of drug-likeness (QED) is 0.814. The van der Waals surface area contributed by atoms with Gasteiger partial charge in [0.2, 0.25) is 5.91 Å². The molecule has 1 aromatic carbocycles. The minimum absolute atomic E-state index is 0.00109. The van der Waals surface area contributed by atoms with Crippen molar-refractivity contribution in [3.8, 4) is 0 Å². The molecule has 0 spiro atoms. The average Bonchev–Trinajstić information content (AvgIpc) is 2.48. The Balaban J connectivity index is 1.93. The molecule has 1 aliphatic heterocycles. The van der Waals surface area contributed by atoms with Gasteiger partial charge in [0, 0.05) is 38.5 Å². The maximum absolute atomic E-state index is 11.5. The number of carbonyl (C=O) groups excluding carboxylic acids is 1. The van der Waals surface area contributed by atoms with Crippen LogP contribution in [0.15, 0.2) is 24.3 Å². The van der Waals surface area contributed by atoms with E-state index in [1.165, 1.54) is 11.1 Å². The van der Waals surface area contributed by atoms with Crippen LogP contribution in [0.3, 0.4) is 0 Å². The number of nitrogens with zero attached hydrogens (tertiary/aromatic N) is 1. The van der Waals surface area contributed by atoms with Gasteiger partial charge >= 0.3 is 0 Å². The molecule has 0 atom stereocenters. The van der Waals surface area contributed by atoms with Gasteiger partial charge in [-0.15, -0.1) is 11.6 Å². The van der Waals surface area contributed by atoms with Gasteiger partial charge in [-0.05, 0) is 11.1 Å². The zero-order valence-electron chi connectivity index (χ0n) is 11.6. The second kappa shape index (κ2) is 8.25. The van der Waals surface area contributed by atoms with Crippen LogP contribution in [-0.2, 0) is 22.6 Å². The molecule has 1 saturated heterocycles. The molecule has 0 aliphatic carbocycles. The van der Waals surface area contributed by atoms with Crippen molar-refractivity contribution in [2.24, 2.45) is 0 Å². The molecule has 1 aliphatic rings. The average molecular weight is 297 g/mol. The summed E-state index contributed by atoms with van der Waals surface area (Å²) in [6.07, 6.45) is 0.368. The van der Waals surface area contributed by atoms with Gasteiger partial charge in [0.15, 0.2) is 0 Å². The van der Waals surface area contributed by atoms with Gasteiger partial charge in [-0.25, -0.2) is 0 Å². The summed E-state index contributed by atoms with van der Waals surface area (Å²) in [5.41, 5.74) is 2.43. The largest absolute Gasteiger partial charge is 0.379 e. The van der Waals surface area contributed by atoms with Crippen molar-refractivity contribution in [1.29, 1.82) is 0 Å². The second-order valence-electron chi connectivity index (χ2n) is 4.87. The van der Waals surface area contributed by atoms with E-state index in [4.69, 9.17) is 16.3 Å². The normalized spacial score (nSPS) is 16.1. The lowest BCUT2D eigenvalue weighted by atomic mass is 10.1. The highest BCUT2D eigenvalue weighted by Gasteiger charge is 2.12. The van der Waals surface area contributed by atoms with Crippen LogP contribution in [0.5, 0.6) is 0 Å². The van der Waals surface area contributed by atoms with Crippen LogP contribution in [0.25, 0.3) is 0 Å². The number of hydrogen-bond donors (Lipinski definition) is 1. The first-order chi connectivity index (χ1) is 9.79. The van der Waals surface area contributed by atoms with Gasteiger partial charge in [0.25, 0.3) is 0 Å². The predicted octanol–water partition coefficient (Wildman–Crippen LogP) is 1.76. The number of hydrogen-bond acceptors (Lipinski definition) is 3. The molecule has 110 valence electrons. The molecule has 20 heavy (non-hydrogen) atoms. The van der Waals surface area contributed by atoms with Gasteiger partial charge in [0.05, 0.1) is 13.2 Å². The number of benzene rings is 1. The Hall–Kier alpha value is -1.10. The number of amides is 1. The lowest BCUT2D eigenvalue weighted by Crippen LogP contribution is -2.36. The lowest BCUT2D eigenvalue weighted by molar-refractivity contribution is -0.120. The van der Waals surface area contributed by atoms with Crippen molar-refractivity contribution < 1.29 is 9.53 Å². The van der Waals surface area contributed by atoms with Gasteiger partial charge in [-0.3, -0.25) is 9.69 Å². The molecular weight excluding hydrogens is 276 g/mol. The number of morpholine rings is 1. The van der Waals surface area contributed by atoms with E-state index >= 15 is 0 Å². The molecule has 2 rings (SSSR count). The Kier molecular flexibility index (Phi) is 6.30. The summed E-state index contributed by atoms with van der Waals surface area (Å²) in [6, 6.07) is 8.24. The fraction of sp³-hybridized carbons (Fsp3) is 0.533. The molecule has 0 unspecified atom stereocenters. The van der Waals surface area contributed by atoms with E-state index in [2.05, 4.69) is 22.3 Å². The SMILES string of the molecule is O=C(CCCl)NCc1ccccc1CN1CCOCC1. The third-order valence-electron chi connectivity index (χ3n) is 3.41. The van der Waals surface area contributed by atoms with Crippen LogP contribution in [-0.4, -0.2) is 43.0 Å². The summed E-state index contributed by atoms with van der Waals surface area (Å²) < 4.78 is 5.36. The van der Waals surface area contributed by atoms with Crippen molar-refractivity contribution in [2.45, 2.75) is 19.5 Å². The van der Waals surface area contributed by atoms with Crippen LogP contribution in [0.4, 0.5) is 0 Å². The van der Waals surface area contributed by atoms with Crippen molar-refractivity contribution in [1.82, 2.24) is 10.2 Å². The molecule has 5 heteroatoms. The maximum Gasteiger partial charge on any atom is 0.221 e. The lowest BCUT2D eigenvalue weighted by Gasteiger charge is -2.27. The van der Waals surface area contributed by atoms with E-state index in [0.29, 0.717) is 18.8 Å². The third-order valence-corrected chi connectivity index (χ3v) is 3.60. The minimum Gasteiger partial charge on any atom is -0.379 e. The smallest absolute Gasteiger partial charge is 0.221 e. The van der Waals surface area contributed by atoms with Crippen LogP contribution in [0.1, 0.15) is 17.5 Å². The second-order valence-corrected chi connectivity index (χ2v) is 5.25. The molecule has 0 saturated carbocycles. The van der Waals surface area contributed by atoms with E-state index < -0.39 is 0 Å². The number of nitrogens with one attached hydrogen (secondary N) is 1. The fourth-order valence-corrected chi connectivity index (χ4v) is 2.42. The van der Waals surface area contributed by atoms with Crippen molar-refractivity contribution in [3.05, 3.63) is 35.4 Å². The number of alkyl halides is 1. The van der Waals surface area contributed by atoms with Crippen molar-refractivity contribution >= 4 is 17.5 Å². The Morgan fingerprint density at radius 1 is 1.25 bits per heavy atom. The summed E-state index contributed by atoms with van der Waals surface area (Å²) >= 11 is 5.56. The Labute approximate surface area is 125 Å². The van der Waals surface area contributed by atoms with Gasteiger partial charge < -0.3 is 10.1 Å². The highest BCUT2D eigenvalue weighted by atomic mass is 35.5. The first-order valence-electron chi connectivity index (χ1n) is 6.99. The number of carbonyl (C=O) groups is 1. The van der Waals surface area contributed by atoms with Crippen molar-refractivity contribution in [3.63, 3.8) is 0 Å². The number of ether oxygens (including phenoxy) is 1. The molecule has 1 fully saturated rings. The van der Waals surface area contributed by atoms with E-state index in [9.17, 15) is 4.79 Å². The van der Waals surface area contributed by atoms with Crippen LogP contribution in [0.2, 0.25) is 0 Å². The van der Waals surface area contributed by atoms with E-state index in [1.54, 1.807) is 0 Å².